The summed E-state index contributed by atoms with van der Waals surface area (Å²) in [5.74, 6) is 2.05. The Morgan fingerprint density at radius 3 is 2.07 bits per heavy atom. The van der Waals surface area contributed by atoms with Gasteiger partial charge in [-0.15, -0.1) is 11.3 Å². The fraction of sp³-hybridized carbons (Fsp3) is 0.333. The Labute approximate surface area is 175 Å². The van der Waals surface area contributed by atoms with E-state index in [1.54, 1.807) is 11.3 Å². The molecule has 29 heavy (non-hydrogen) atoms. The number of ether oxygens (including phenoxy) is 4. The van der Waals surface area contributed by atoms with Crippen LogP contribution in [0.3, 0.4) is 0 Å². The molecule has 0 saturated carbocycles. The Morgan fingerprint density at radius 2 is 1.31 bits per heavy atom. The van der Waals surface area contributed by atoms with Crippen molar-refractivity contribution in [1.82, 2.24) is 0 Å². The summed E-state index contributed by atoms with van der Waals surface area (Å²) < 4.78 is 23.7. The molecule has 0 saturated heterocycles. The van der Waals surface area contributed by atoms with Gasteiger partial charge < -0.3 is 18.9 Å². The van der Waals surface area contributed by atoms with Gasteiger partial charge in [-0.05, 0) is 65.6 Å². The largest absolute Gasteiger partial charge is 0.449 e. The van der Waals surface area contributed by atoms with Crippen molar-refractivity contribution in [2.75, 3.05) is 0 Å². The number of fused-ring (bicyclic) bond motifs is 2. The zero-order valence-electron chi connectivity index (χ0n) is 17.3. The predicted molar refractivity (Wildman–Crippen MR) is 115 cm³/mol. The first-order valence-corrected chi connectivity index (χ1v) is 10.7. The Kier molecular flexibility index (Phi) is 3.91. The molecule has 0 fully saturated rings. The number of benzene rings is 2. The second-order valence-electron chi connectivity index (χ2n) is 8.35. The van der Waals surface area contributed by atoms with Gasteiger partial charge in [0.25, 0.3) is 0 Å². The lowest BCUT2D eigenvalue weighted by atomic mass is 10.1. The highest BCUT2D eigenvalue weighted by Crippen LogP contribution is 2.47. The lowest BCUT2D eigenvalue weighted by molar-refractivity contribution is -0.0439. The van der Waals surface area contributed by atoms with Gasteiger partial charge in [0.2, 0.25) is 11.6 Å². The van der Waals surface area contributed by atoms with Crippen molar-refractivity contribution in [3.8, 4) is 43.9 Å². The van der Waals surface area contributed by atoms with Gasteiger partial charge in [0, 0.05) is 37.4 Å². The lowest BCUT2D eigenvalue weighted by Crippen LogP contribution is -2.29. The van der Waals surface area contributed by atoms with Crippen molar-refractivity contribution in [3.63, 3.8) is 0 Å². The van der Waals surface area contributed by atoms with E-state index in [0.717, 1.165) is 40.5 Å². The van der Waals surface area contributed by atoms with E-state index in [4.69, 9.17) is 18.9 Å². The minimum absolute atomic E-state index is 0.613. The highest BCUT2D eigenvalue weighted by Gasteiger charge is 2.34. The zero-order valence-corrected chi connectivity index (χ0v) is 18.1. The van der Waals surface area contributed by atoms with Gasteiger partial charge in [-0.25, -0.2) is 0 Å². The molecule has 5 rings (SSSR count). The Morgan fingerprint density at radius 1 is 0.690 bits per heavy atom. The molecular formula is C24H24O4S. The Balaban J connectivity index is 1.49. The van der Waals surface area contributed by atoms with Crippen molar-refractivity contribution >= 4 is 11.3 Å². The summed E-state index contributed by atoms with van der Waals surface area (Å²) in [7, 11) is 0. The maximum atomic E-state index is 6.01. The topological polar surface area (TPSA) is 36.9 Å². The van der Waals surface area contributed by atoms with E-state index >= 15 is 0 Å². The Hall–Kier alpha value is -2.66. The summed E-state index contributed by atoms with van der Waals surface area (Å²) in [5, 5.41) is 0. The van der Waals surface area contributed by atoms with E-state index in [2.05, 4.69) is 43.3 Å². The normalized spacial score (nSPS) is 17.6. The molecule has 0 radical (unpaired) electrons. The van der Waals surface area contributed by atoms with Crippen molar-refractivity contribution in [2.45, 2.75) is 52.6 Å². The molecule has 0 aliphatic carbocycles. The molecule has 2 aromatic carbocycles. The van der Waals surface area contributed by atoms with Gasteiger partial charge in [0.1, 0.15) is 0 Å². The van der Waals surface area contributed by atoms with Crippen molar-refractivity contribution < 1.29 is 18.9 Å². The number of hydrogen-bond donors (Lipinski definition) is 0. The van der Waals surface area contributed by atoms with Gasteiger partial charge in [-0.1, -0.05) is 6.92 Å². The van der Waals surface area contributed by atoms with Crippen LogP contribution in [0, 0.1) is 0 Å². The molecule has 2 aliphatic rings. The summed E-state index contributed by atoms with van der Waals surface area (Å²) in [6, 6.07) is 14.7. The van der Waals surface area contributed by atoms with Crippen LogP contribution < -0.4 is 18.9 Å². The molecule has 0 N–H and O–H groups in total. The average Bonchev–Trinajstić information content (AvgIpc) is 3.32. The molecule has 0 atom stereocenters. The van der Waals surface area contributed by atoms with Gasteiger partial charge in [-0.3, -0.25) is 0 Å². The van der Waals surface area contributed by atoms with Crippen LogP contribution in [0.4, 0.5) is 0 Å². The molecule has 5 heteroatoms. The highest BCUT2D eigenvalue weighted by molar-refractivity contribution is 7.18. The third kappa shape index (κ3) is 3.23. The van der Waals surface area contributed by atoms with E-state index in [0.29, 0.717) is 0 Å². The second kappa shape index (κ2) is 6.17. The second-order valence-corrected chi connectivity index (χ2v) is 9.43. The van der Waals surface area contributed by atoms with E-state index in [-0.39, 0.29) is 0 Å². The molecule has 3 aromatic rings. The molecule has 1 aromatic heterocycles. The van der Waals surface area contributed by atoms with Crippen LogP contribution in [0.25, 0.3) is 20.9 Å². The lowest BCUT2D eigenvalue weighted by Gasteiger charge is -2.16. The van der Waals surface area contributed by atoms with Crippen LogP contribution in [0.15, 0.2) is 42.5 Å². The van der Waals surface area contributed by atoms with Crippen molar-refractivity contribution in [3.05, 3.63) is 48.0 Å². The van der Waals surface area contributed by atoms with Crippen LogP contribution in [-0.2, 0) is 6.42 Å². The summed E-state index contributed by atoms with van der Waals surface area (Å²) in [6.07, 6.45) is 0.895. The maximum Gasteiger partial charge on any atom is 0.246 e. The number of hydrogen-bond acceptors (Lipinski definition) is 5. The van der Waals surface area contributed by atoms with Gasteiger partial charge >= 0.3 is 0 Å². The quantitative estimate of drug-likeness (QED) is 0.486. The Bertz CT molecular complexity index is 1110. The molecule has 150 valence electrons. The first kappa shape index (κ1) is 18.4. The number of thiophene rings is 1. The summed E-state index contributed by atoms with van der Waals surface area (Å²) in [4.78, 5) is 2.39. The average molecular weight is 409 g/mol. The van der Waals surface area contributed by atoms with E-state index in [9.17, 15) is 0 Å². The molecule has 3 heterocycles. The highest BCUT2D eigenvalue weighted by atomic mass is 32.1. The summed E-state index contributed by atoms with van der Waals surface area (Å²) in [5.41, 5.74) is 3.45. The van der Waals surface area contributed by atoms with Gasteiger partial charge in [-0.2, -0.15) is 0 Å². The summed E-state index contributed by atoms with van der Waals surface area (Å²) in [6.45, 7) is 9.86. The standard InChI is InChI=1S/C24H24O4S/c1-6-14-11-16(13-19-22(14)28-24(4,5)27-19)21-10-9-20(29-21)15-7-8-17-18(12-15)26-23(2,3)25-17/h7-13H,6H2,1-5H3. The fourth-order valence-electron chi connectivity index (χ4n) is 3.81. The van der Waals surface area contributed by atoms with Crippen molar-refractivity contribution in [2.24, 2.45) is 0 Å². The first-order valence-electron chi connectivity index (χ1n) is 9.91. The van der Waals surface area contributed by atoms with Crippen LogP contribution in [-0.4, -0.2) is 11.6 Å². The minimum Gasteiger partial charge on any atom is -0.449 e. The van der Waals surface area contributed by atoms with E-state index < -0.39 is 11.6 Å². The third-order valence-electron chi connectivity index (χ3n) is 5.05. The first-order chi connectivity index (χ1) is 13.7. The van der Waals surface area contributed by atoms with E-state index in [1.807, 2.05) is 33.8 Å². The third-order valence-corrected chi connectivity index (χ3v) is 6.23. The predicted octanol–water partition coefficient (Wildman–Crippen LogP) is 6.66. The SMILES string of the molecule is CCc1cc(-c2ccc(-c3ccc4c(c3)OC(C)(C)O4)s2)cc2c1OC(C)(C)O2. The summed E-state index contributed by atoms with van der Waals surface area (Å²) >= 11 is 1.76. The maximum absolute atomic E-state index is 6.01. The van der Waals surface area contributed by atoms with E-state index in [1.165, 1.54) is 15.3 Å². The van der Waals surface area contributed by atoms with Crippen molar-refractivity contribution in [1.29, 1.82) is 0 Å². The molecular weight excluding hydrogens is 384 g/mol. The molecule has 0 spiro atoms. The van der Waals surface area contributed by atoms with Crippen LogP contribution in [0.5, 0.6) is 23.0 Å². The molecule has 0 amide bonds. The molecule has 4 nitrogen and oxygen atoms in total. The monoisotopic (exact) mass is 408 g/mol. The number of aryl methyl sites for hydroxylation is 1. The number of rotatable bonds is 3. The van der Waals surface area contributed by atoms with Crippen LogP contribution in [0.1, 0.15) is 40.2 Å². The minimum atomic E-state index is -0.619. The van der Waals surface area contributed by atoms with Crippen LogP contribution >= 0.6 is 11.3 Å². The smallest absolute Gasteiger partial charge is 0.246 e. The molecule has 2 aliphatic heterocycles. The molecule has 0 unspecified atom stereocenters. The van der Waals surface area contributed by atoms with Gasteiger partial charge in [0.15, 0.2) is 23.0 Å². The fourth-order valence-corrected chi connectivity index (χ4v) is 4.80. The molecule has 0 bridgehead atoms. The van der Waals surface area contributed by atoms with Gasteiger partial charge in [0.05, 0.1) is 0 Å². The zero-order chi connectivity index (χ0) is 20.4. The van der Waals surface area contributed by atoms with Crippen LogP contribution in [0.2, 0.25) is 0 Å².